The molecule has 0 aliphatic heterocycles. The Morgan fingerprint density at radius 3 is 2.70 bits per heavy atom. The van der Waals surface area contributed by atoms with Gasteiger partial charge in [0.1, 0.15) is 12.4 Å². The third-order valence-corrected chi connectivity index (χ3v) is 2.98. The van der Waals surface area contributed by atoms with Crippen molar-refractivity contribution < 1.29 is 18.0 Å². The standard InChI is InChI=1S/C16H13F2N3O2/c17-12-6-7-14(13(18)10-12)22-9-8-19-16-20-15(23-21-16)11-4-2-1-3-5-11/h1-7,10H,8-9H2,(H,19,21). The van der Waals surface area contributed by atoms with Gasteiger partial charge in [-0.2, -0.15) is 4.98 Å². The quantitative estimate of drug-likeness (QED) is 0.705. The van der Waals surface area contributed by atoms with Crippen molar-refractivity contribution in [3.05, 3.63) is 60.2 Å². The van der Waals surface area contributed by atoms with E-state index in [2.05, 4.69) is 15.5 Å². The monoisotopic (exact) mass is 317 g/mol. The number of benzene rings is 2. The Kier molecular flexibility index (Phi) is 4.46. The smallest absolute Gasteiger partial charge is 0.263 e. The van der Waals surface area contributed by atoms with Crippen molar-refractivity contribution in [3.8, 4) is 17.2 Å². The number of aromatic nitrogens is 2. The highest BCUT2D eigenvalue weighted by Gasteiger charge is 2.08. The molecule has 0 saturated carbocycles. The average Bonchev–Trinajstić information content (AvgIpc) is 3.03. The van der Waals surface area contributed by atoms with Crippen LogP contribution in [0.3, 0.4) is 0 Å². The molecule has 1 N–H and O–H groups in total. The predicted molar refractivity (Wildman–Crippen MR) is 80.1 cm³/mol. The van der Waals surface area contributed by atoms with Crippen LogP contribution in [-0.4, -0.2) is 23.3 Å². The summed E-state index contributed by atoms with van der Waals surface area (Å²) in [5.41, 5.74) is 0.817. The van der Waals surface area contributed by atoms with Crippen LogP contribution in [0.15, 0.2) is 53.1 Å². The Bertz CT molecular complexity index is 778. The zero-order valence-electron chi connectivity index (χ0n) is 12.0. The van der Waals surface area contributed by atoms with Gasteiger partial charge >= 0.3 is 0 Å². The van der Waals surface area contributed by atoms with Gasteiger partial charge < -0.3 is 14.6 Å². The summed E-state index contributed by atoms with van der Waals surface area (Å²) in [4.78, 5) is 4.19. The van der Waals surface area contributed by atoms with Gasteiger partial charge in [-0.1, -0.05) is 18.2 Å². The van der Waals surface area contributed by atoms with Crippen molar-refractivity contribution in [2.45, 2.75) is 0 Å². The maximum atomic E-state index is 13.4. The van der Waals surface area contributed by atoms with E-state index < -0.39 is 11.6 Å². The summed E-state index contributed by atoms with van der Waals surface area (Å²) < 4.78 is 36.5. The molecular weight excluding hydrogens is 304 g/mol. The molecule has 0 radical (unpaired) electrons. The lowest BCUT2D eigenvalue weighted by Crippen LogP contribution is -2.12. The molecule has 0 spiro atoms. The third-order valence-electron chi connectivity index (χ3n) is 2.98. The van der Waals surface area contributed by atoms with Crippen molar-refractivity contribution in [2.24, 2.45) is 0 Å². The van der Waals surface area contributed by atoms with E-state index in [1.165, 1.54) is 6.07 Å². The number of hydrogen-bond acceptors (Lipinski definition) is 5. The highest BCUT2D eigenvalue weighted by Crippen LogP contribution is 2.18. The molecule has 0 amide bonds. The van der Waals surface area contributed by atoms with Gasteiger partial charge in [0, 0.05) is 11.6 Å². The molecule has 1 aromatic heterocycles. The molecule has 0 aliphatic carbocycles. The lowest BCUT2D eigenvalue weighted by atomic mass is 10.2. The number of rotatable bonds is 6. The van der Waals surface area contributed by atoms with Crippen LogP contribution in [0.2, 0.25) is 0 Å². The van der Waals surface area contributed by atoms with Crippen molar-refractivity contribution in [2.75, 3.05) is 18.5 Å². The highest BCUT2D eigenvalue weighted by molar-refractivity contribution is 5.53. The van der Waals surface area contributed by atoms with Crippen LogP contribution >= 0.6 is 0 Å². The Hall–Kier alpha value is -2.96. The summed E-state index contributed by atoms with van der Waals surface area (Å²) in [5, 5.41) is 6.69. The van der Waals surface area contributed by atoms with Crippen LogP contribution in [0.1, 0.15) is 0 Å². The summed E-state index contributed by atoms with van der Waals surface area (Å²) in [6.45, 7) is 0.502. The summed E-state index contributed by atoms with van der Waals surface area (Å²) >= 11 is 0. The molecule has 7 heteroatoms. The second-order valence-electron chi connectivity index (χ2n) is 4.64. The number of nitrogens with one attached hydrogen (secondary N) is 1. The molecule has 0 unspecified atom stereocenters. The second kappa shape index (κ2) is 6.87. The van der Waals surface area contributed by atoms with Crippen LogP contribution in [0.4, 0.5) is 14.7 Å². The van der Waals surface area contributed by atoms with E-state index in [9.17, 15) is 8.78 Å². The number of halogens is 2. The van der Waals surface area contributed by atoms with Crippen LogP contribution in [0.5, 0.6) is 5.75 Å². The van der Waals surface area contributed by atoms with Gasteiger partial charge in [-0.3, -0.25) is 0 Å². The van der Waals surface area contributed by atoms with Gasteiger partial charge in [-0.05, 0) is 29.4 Å². The highest BCUT2D eigenvalue weighted by atomic mass is 19.1. The van der Waals surface area contributed by atoms with Gasteiger partial charge in [0.15, 0.2) is 11.6 Å². The SMILES string of the molecule is Fc1ccc(OCCNc2noc(-c3ccccc3)n2)c(F)c1. The van der Waals surface area contributed by atoms with E-state index in [4.69, 9.17) is 9.26 Å². The molecule has 3 aromatic rings. The third kappa shape index (κ3) is 3.82. The molecule has 23 heavy (non-hydrogen) atoms. The molecular formula is C16H13F2N3O2. The van der Waals surface area contributed by atoms with E-state index in [-0.39, 0.29) is 12.4 Å². The molecule has 1 heterocycles. The fraction of sp³-hybridized carbons (Fsp3) is 0.125. The molecule has 5 nitrogen and oxygen atoms in total. The first-order chi connectivity index (χ1) is 11.2. The van der Waals surface area contributed by atoms with Crippen molar-refractivity contribution in [3.63, 3.8) is 0 Å². The van der Waals surface area contributed by atoms with E-state index >= 15 is 0 Å². The minimum atomic E-state index is -0.740. The minimum absolute atomic E-state index is 0.00807. The van der Waals surface area contributed by atoms with Gasteiger partial charge in [-0.15, -0.1) is 0 Å². The molecule has 2 aromatic carbocycles. The predicted octanol–water partition coefficient (Wildman–Crippen LogP) is 3.51. The first-order valence-corrected chi connectivity index (χ1v) is 6.93. The Morgan fingerprint density at radius 2 is 1.91 bits per heavy atom. The first-order valence-electron chi connectivity index (χ1n) is 6.93. The van der Waals surface area contributed by atoms with Crippen LogP contribution in [-0.2, 0) is 0 Å². The van der Waals surface area contributed by atoms with E-state index in [0.717, 1.165) is 17.7 Å². The fourth-order valence-electron chi connectivity index (χ4n) is 1.91. The van der Waals surface area contributed by atoms with Crippen molar-refractivity contribution in [1.29, 1.82) is 0 Å². The van der Waals surface area contributed by atoms with Crippen LogP contribution in [0, 0.1) is 11.6 Å². The second-order valence-corrected chi connectivity index (χ2v) is 4.64. The fourth-order valence-corrected chi connectivity index (χ4v) is 1.91. The zero-order chi connectivity index (χ0) is 16.1. The lowest BCUT2D eigenvalue weighted by Gasteiger charge is -2.07. The van der Waals surface area contributed by atoms with Crippen molar-refractivity contribution >= 4 is 5.95 Å². The molecule has 3 rings (SSSR count). The largest absolute Gasteiger partial charge is 0.489 e. The van der Waals surface area contributed by atoms with Gasteiger partial charge in [0.25, 0.3) is 11.8 Å². The molecule has 0 aliphatic rings. The maximum absolute atomic E-state index is 13.4. The minimum Gasteiger partial charge on any atom is -0.489 e. The zero-order valence-corrected chi connectivity index (χ0v) is 12.0. The number of anilines is 1. The normalized spacial score (nSPS) is 10.5. The Labute approximate surface area is 130 Å². The lowest BCUT2D eigenvalue weighted by molar-refractivity contribution is 0.313. The molecule has 0 bridgehead atoms. The van der Waals surface area contributed by atoms with Gasteiger partial charge in [0.05, 0.1) is 6.54 Å². The molecule has 118 valence electrons. The average molecular weight is 317 g/mol. The number of ether oxygens (including phenoxy) is 1. The first kappa shape index (κ1) is 15.0. The van der Waals surface area contributed by atoms with E-state index in [1.54, 1.807) is 0 Å². The summed E-state index contributed by atoms with van der Waals surface area (Å²) in [6.07, 6.45) is 0. The van der Waals surface area contributed by atoms with Crippen LogP contribution < -0.4 is 10.1 Å². The topological polar surface area (TPSA) is 60.2 Å². The molecule has 0 fully saturated rings. The number of hydrogen-bond donors (Lipinski definition) is 1. The Morgan fingerprint density at radius 1 is 1.09 bits per heavy atom. The summed E-state index contributed by atoms with van der Waals surface area (Å²) in [5.74, 6) is -0.680. The molecule has 0 saturated heterocycles. The Balaban J connectivity index is 1.50. The maximum Gasteiger partial charge on any atom is 0.263 e. The van der Waals surface area contributed by atoms with Crippen molar-refractivity contribution in [1.82, 2.24) is 10.1 Å². The van der Waals surface area contributed by atoms with E-state index in [0.29, 0.717) is 18.4 Å². The number of nitrogens with zero attached hydrogens (tertiary/aromatic N) is 2. The van der Waals surface area contributed by atoms with Gasteiger partial charge in [-0.25, -0.2) is 8.78 Å². The summed E-state index contributed by atoms with van der Waals surface area (Å²) in [7, 11) is 0. The van der Waals surface area contributed by atoms with Crippen LogP contribution in [0.25, 0.3) is 11.5 Å². The van der Waals surface area contributed by atoms with E-state index in [1.807, 2.05) is 30.3 Å². The van der Waals surface area contributed by atoms with Gasteiger partial charge in [0.2, 0.25) is 0 Å². The summed E-state index contributed by atoms with van der Waals surface area (Å²) in [6, 6.07) is 12.5. The molecule has 0 atom stereocenters.